The van der Waals surface area contributed by atoms with E-state index in [9.17, 15) is 0 Å². The first-order chi connectivity index (χ1) is 13.2. The number of thioether (sulfide) groups is 1. The first-order valence-corrected chi connectivity index (χ1v) is 9.68. The van der Waals surface area contributed by atoms with Crippen LogP contribution in [0, 0.1) is 5.92 Å². The molecule has 4 rings (SSSR count). The zero-order valence-electron chi connectivity index (χ0n) is 15.1. The van der Waals surface area contributed by atoms with Gasteiger partial charge >= 0.3 is 0 Å². The van der Waals surface area contributed by atoms with Crippen LogP contribution in [0.4, 0.5) is 0 Å². The molecule has 1 aromatic carbocycles. The molecule has 0 fully saturated rings. The monoisotopic (exact) mass is 381 g/mol. The molecule has 0 unspecified atom stereocenters. The Morgan fingerprint density at radius 1 is 1.07 bits per heavy atom. The molecule has 0 saturated heterocycles. The Bertz CT molecular complexity index is 992. The molecule has 0 aliphatic carbocycles. The predicted octanol–water partition coefficient (Wildman–Crippen LogP) is 4.40. The van der Waals surface area contributed by atoms with Crippen molar-refractivity contribution in [3.63, 3.8) is 0 Å². The van der Waals surface area contributed by atoms with E-state index in [0.29, 0.717) is 29.1 Å². The van der Waals surface area contributed by atoms with Gasteiger partial charge in [0.15, 0.2) is 16.7 Å². The summed E-state index contributed by atoms with van der Waals surface area (Å²) >= 11 is 1.50. The lowest BCUT2D eigenvalue weighted by Crippen LogP contribution is -1.99. The lowest BCUT2D eigenvalue weighted by molar-refractivity contribution is 0.382. The number of para-hydroxylation sites is 1. The standard InChI is InChI=1S/C19H19N5O2S/c1-13(2)11-16-20-17(26-23-16)12-27-19-22-21-18(15-9-6-10-25-15)24(19)14-7-4-3-5-8-14/h3-10,13H,11-12H2,1-2H3. The lowest BCUT2D eigenvalue weighted by Gasteiger charge is -2.08. The molecule has 0 radical (unpaired) electrons. The maximum atomic E-state index is 5.52. The number of aromatic nitrogens is 5. The molecule has 0 amide bonds. The van der Waals surface area contributed by atoms with Crippen LogP contribution in [0.3, 0.4) is 0 Å². The third kappa shape index (κ3) is 3.95. The fourth-order valence-electron chi connectivity index (χ4n) is 2.66. The van der Waals surface area contributed by atoms with Gasteiger partial charge in [0.05, 0.1) is 12.0 Å². The second-order valence-corrected chi connectivity index (χ2v) is 7.39. The Morgan fingerprint density at radius 3 is 2.67 bits per heavy atom. The van der Waals surface area contributed by atoms with Crippen molar-refractivity contribution < 1.29 is 8.94 Å². The van der Waals surface area contributed by atoms with E-state index in [4.69, 9.17) is 8.94 Å². The quantitative estimate of drug-likeness (QED) is 0.439. The van der Waals surface area contributed by atoms with Crippen molar-refractivity contribution >= 4 is 11.8 Å². The Labute approximate surface area is 160 Å². The van der Waals surface area contributed by atoms with Crippen LogP contribution in [0.2, 0.25) is 0 Å². The highest BCUT2D eigenvalue weighted by Crippen LogP contribution is 2.29. The van der Waals surface area contributed by atoms with Crippen LogP contribution >= 0.6 is 11.8 Å². The molecule has 138 valence electrons. The van der Waals surface area contributed by atoms with Crippen molar-refractivity contribution in [1.29, 1.82) is 0 Å². The summed E-state index contributed by atoms with van der Waals surface area (Å²) in [6, 6.07) is 13.6. The zero-order chi connectivity index (χ0) is 18.6. The smallest absolute Gasteiger partial charge is 0.237 e. The molecule has 0 atom stereocenters. The molecule has 0 N–H and O–H groups in total. The molecule has 0 aliphatic rings. The first-order valence-electron chi connectivity index (χ1n) is 8.69. The number of nitrogens with zero attached hydrogens (tertiary/aromatic N) is 5. The number of rotatable bonds is 7. The maximum absolute atomic E-state index is 5.52. The molecule has 27 heavy (non-hydrogen) atoms. The number of benzene rings is 1. The molecule has 8 heteroatoms. The third-order valence-corrected chi connectivity index (χ3v) is 4.73. The van der Waals surface area contributed by atoms with Crippen LogP contribution in [0.15, 0.2) is 62.8 Å². The summed E-state index contributed by atoms with van der Waals surface area (Å²) in [4.78, 5) is 4.45. The van der Waals surface area contributed by atoms with Crippen LogP contribution in [0.25, 0.3) is 17.3 Å². The predicted molar refractivity (Wildman–Crippen MR) is 101 cm³/mol. The minimum absolute atomic E-state index is 0.486. The van der Waals surface area contributed by atoms with Crippen molar-refractivity contribution in [3.8, 4) is 17.3 Å². The van der Waals surface area contributed by atoms with E-state index < -0.39 is 0 Å². The summed E-state index contributed by atoms with van der Waals surface area (Å²) in [6.45, 7) is 4.26. The lowest BCUT2D eigenvalue weighted by atomic mass is 10.1. The van der Waals surface area contributed by atoms with E-state index in [2.05, 4.69) is 34.2 Å². The summed E-state index contributed by atoms with van der Waals surface area (Å²) in [5, 5.41) is 13.4. The Balaban J connectivity index is 1.60. The van der Waals surface area contributed by atoms with Crippen LogP contribution in [0.5, 0.6) is 0 Å². The van der Waals surface area contributed by atoms with Crippen molar-refractivity contribution in [2.24, 2.45) is 5.92 Å². The van der Waals surface area contributed by atoms with Crippen molar-refractivity contribution in [2.75, 3.05) is 0 Å². The third-order valence-electron chi connectivity index (χ3n) is 3.82. The first kappa shape index (κ1) is 17.5. The van der Waals surface area contributed by atoms with Crippen LogP contribution in [0.1, 0.15) is 25.6 Å². The molecule has 0 spiro atoms. The zero-order valence-corrected chi connectivity index (χ0v) is 15.9. The molecular formula is C19H19N5O2S. The molecular weight excluding hydrogens is 362 g/mol. The number of hydrogen-bond donors (Lipinski definition) is 0. The number of furan rings is 1. The van der Waals surface area contributed by atoms with Gasteiger partial charge in [-0.15, -0.1) is 10.2 Å². The van der Waals surface area contributed by atoms with E-state index in [1.165, 1.54) is 11.8 Å². The second kappa shape index (κ2) is 7.79. The minimum Gasteiger partial charge on any atom is -0.461 e. The van der Waals surface area contributed by atoms with Gasteiger partial charge in [-0.25, -0.2) is 0 Å². The Kier molecular flexibility index (Phi) is 5.06. The summed E-state index contributed by atoms with van der Waals surface area (Å²) in [5.41, 5.74) is 0.961. The molecule has 0 bridgehead atoms. The van der Waals surface area contributed by atoms with Gasteiger partial charge in [0.2, 0.25) is 11.7 Å². The topological polar surface area (TPSA) is 82.8 Å². The van der Waals surface area contributed by atoms with E-state index in [-0.39, 0.29) is 0 Å². The van der Waals surface area contributed by atoms with Gasteiger partial charge in [0.1, 0.15) is 0 Å². The molecule has 0 saturated carbocycles. The van der Waals surface area contributed by atoms with E-state index in [1.54, 1.807) is 6.26 Å². The van der Waals surface area contributed by atoms with Crippen molar-refractivity contribution in [2.45, 2.75) is 31.2 Å². The molecule has 3 heterocycles. The average molecular weight is 381 g/mol. The minimum atomic E-state index is 0.486. The van der Waals surface area contributed by atoms with Gasteiger partial charge in [-0.1, -0.05) is 49.0 Å². The average Bonchev–Trinajstić information content (AvgIpc) is 3.40. The van der Waals surface area contributed by atoms with Crippen molar-refractivity contribution in [3.05, 3.63) is 60.4 Å². The SMILES string of the molecule is CC(C)Cc1noc(CSc2nnc(-c3ccco3)n2-c2ccccc2)n1. The Hall–Kier alpha value is -2.87. The highest BCUT2D eigenvalue weighted by atomic mass is 32.2. The molecule has 3 aromatic heterocycles. The van der Waals surface area contributed by atoms with Gasteiger partial charge in [-0.2, -0.15) is 4.98 Å². The molecule has 7 nitrogen and oxygen atoms in total. The largest absolute Gasteiger partial charge is 0.461 e. The van der Waals surface area contributed by atoms with Gasteiger partial charge < -0.3 is 8.94 Å². The normalized spacial score (nSPS) is 11.4. The van der Waals surface area contributed by atoms with E-state index in [1.807, 2.05) is 47.0 Å². The summed E-state index contributed by atoms with van der Waals surface area (Å²) in [7, 11) is 0. The fourth-order valence-corrected chi connectivity index (χ4v) is 3.45. The highest BCUT2D eigenvalue weighted by Gasteiger charge is 2.19. The number of hydrogen-bond acceptors (Lipinski definition) is 7. The van der Waals surface area contributed by atoms with Gasteiger partial charge in [-0.05, 0) is 30.2 Å². The molecule has 0 aliphatic heterocycles. The summed E-state index contributed by atoms with van der Waals surface area (Å²) in [5.74, 6) is 3.64. The highest BCUT2D eigenvalue weighted by molar-refractivity contribution is 7.98. The second-order valence-electron chi connectivity index (χ2n) is 6.45. The van der Waals surface area contributed by atoms with Crippen LogP contribution < -0.4 is 0 Å². The van der Waals surface area contributed by atoms with E-state index >= 15 is 0 Å². The van der Waals surface area contributed by atoms with Crippen molar-refractivity contribution in [1.82, 2.24) is 24.9 Å². The van der Waals surface area contributed by atoms with Crippen LogP contribution in [-0.2, 0) is 12.2 Å². The summed E-state index contributed by atoms with van der Waals surface area (Å²) < 4.78 is 12.8. The van der Waals surface area contributed by atoms with Gasteiger partial charge in [-0.3, -0.25) is 4.57 Å². The van der Waals surface area contributed by atoms with E-state index in [0.717, 1.165) is 23.1 Å². The molecule has 4 aromatic rings. The Morgan fingerprint density at radius 2 is 1.93 bits per heavy atom. The maximum Gasteiger partial charge on any atom is 0.237 e. The summed E-state index contributed by atoms with van der Waals surface area (Å²) in [6.07, 6.45) is 2.43. The van der Waals surface area contributed by atoms with Crippen LogP contribution in [-0.4, -0.2) is 24.9 Å². The fraction of sp³-hybridized carbons (Fsp3) is 0.263. The van der Waals surface area contributed by atoms with Gasteiger partial charge in [0.25, 0.3) is 0 Å². The van der Waals surface area contributed by atoms with Gasteiger partial charge in [0, 0.05) is 12.1 Å².